The first-order valence-electron chi connectivity index (χ1n) is 7.74. The first kappa shape index (κ1) is 14.6. The number of alkyl halides is 1. The Morgan fingerprint density at radius 2 is 2.28 bits per heavy atom. The highest BCUT2D eigenvalue weighted by atomic mass is 35.5. The van der Waals surface area contributed by atoms with Gasteiger partial charge in [0.2, 0.25) is 11.7 Å². The lowest BCUT2D eigenvalue weighted by Gasteiger charge is -2.39. The first-order valence-corrected chi connectivity index (χ1v) is 8.28. The Morgan fingerprint density at radius 3 is 3.00 bits per heavy atom. The lowest BCUT2D eigenvalue weighted by molar-refractivity contribution is 0.0461. The summed E-state index contributed by atoms with van der Waals surface area (Å²) in [5.74, 6) is 0.109. The van der Waals surface area contributed by atoms with Gasteiger partial charge in [-0.05, 0) is 24.6 Å². The topological polar surface area (TPSA) is 77.0 Å². The molecule has 9 heteroatoms. The number of fused-ring (bicyclic) bond motifs is 5. The second kappa shape index (κ2) is 5.13. The molecule has 0 aliphatic carbocycles. The van der Waals surface area contributed by atoms with Gasteiger partial charge in [-0.2, -0.15) is 4.98 Å². The van der Waals surface area contributed by atoms with Crippen molar-refractivity contribution in [2.24, 2.45) is 0 Å². The monoisotopic (exact) mass is 359 g/mol. The average molecular weight is 360 g/mol. The van der Waals surface area contributed by atoms with E-state index in [0.29, 0.717) is 35.2 Å². The fourth-order valence-electron chi connectivity index (χ4n) is 3.40. The second-order valence-corrected chi connectivity index (χ2v) is 6.23. The summed E-state index contributed by atoms with van der Waals surface area (Å²) in [6.45, 7) is 0.614. The van der Waals surface area contributed by atoms with E-state index in [2.05, 4.69) is 15.1 Å². The summed E-state index contributed by atoms with van der Waals surface area (Å²) < 4.78 is 20.6. The van der Waals surface area contributed by atoms with E-state index in [0.717, 1.165) is 12.1 Å². The number of carbonyl (C=O) groups excluding carboxylic acids is 1. The number of benzene rings is 1. The van der Waals surface area contributed by atoms with E-state index < -0.39 is 5.82 Å². The SMILES string of the molecule is O=C1c2cc(F)ccc2-n2cnc(-c3noc(CCl)n3)c2C2CCN12. The first-order chi connectivity index (χ1) is 12.2. The summed E-state index contributed by atoms with van der Waals surface area (Å²) in [7, 11) is 0. The zero-order chi connectivity index (χ0) is 17.1. The van der Waals surface area contributed by atoms with E-state index in [9.17, 15) is 9.18 Å². The van der Waals surface area contributed by atoms with Crippen molar-refractivity contribution in [3.63, 3.8) is 0 Å². The third-order valence-electron chi connectivity index (χ3n) is 4.64. The number of amides is 1. The maximum Gasteiger partial charge on any atom is 0.256 e. The molecule has 1 amide bonds. The molecule has 126 valence electrons. The number of rotatable bonds is 2. The quantitative estimate of drug-likeness (QED) is 0.657. The minimum Gasteiger partial charge on any atom is -0.338 e. The molecular weight excluding hydrogens is 349 g/mol. The van der Waals surface area contributed by atoms with E-state index >= 15 is 0 Å². The fourth-order valence-corrected chi connectivity index (χ4v) is 3.51. The number of hydrogen-bond donors (Lipinski definition) is 0. The molecule has 0 saturated carbocycles. The molecule has 1 aromatic carbocycles. The summed E-state index contributed by atoms with van der Waals surface area (Å²) in [5, 5.41) is 3.93. The van der Waals surface area contributed by atoms with E-state index in [1.807, 2.05) is 4.57 Å². The molecule has 0 bridgehead atoms. The molecule has 1 saturated heterocycles. The molecule has 1 fully saturated rings. The van der Waals surface area contributed by atoms with Crippen LogP contribution in [0.1, 0.15) is 34.4 Å². The number of hydrogen-bond acceptors (Lipinski definition) is 5. The molecule has 3 aromatic rings. The largest absolute Gasteiger partial charge is 0.338 e. The molecular formula is C16H11ClFN5O2. The molecule has 0 N–H and O–H groups in total. The molecule has 1 unspecified atom stereocenters. The molecule has 5 rings (SSSR count). The van der Waals surface area contributed by atoms with Gasteiger partial charge in [0.15, 0.2) is 0 Å². The Hall–Kier alpha value is -2.74. The van der Waals surface area contributed by atoms with Crippen molar-refractivity contribution in [3.8, 4) is 17.2 Å². The van der Waals surface area contributed by atoms with Crippen LogP contribution in [0.5, 0.6) is 0 Å². The second-order valence-electron chi connectivity index (χ2n) is 5.96. The lowest BCUT2D eigenvalue weighted by Crippen LogP contribution is -2.44. The molecule has 2 aliphatic heterocycles. The molecule has 0 spiro atoms. The van der Waals surface area contributed by atoms with Crippen molar-refractivity contribution < 1.29 is 13.7 Å². The lowest BCUT2D eigenvalue weighted by atomic mass is 9.97. The third kappa shape index (κ3) is 1.97. The number of halogens is 2. The van der Waals surface area contributed by atoms with Gasteiger partial charge in [-0.15, -0.1) is 11.6 Å². The van der Waals surface area contributed by atoms with Gasteiger partial charge in [0.05, 0.1) is 23.0 Å². The summed E-state index contributed by atoms with van der Waals surface area (Å²) in [6, 6.07) is 4.03. The highest BCUT2D eigenvalue weighted by Gasteiger charge is 2.42. The maximum absolute atomic E-state index is 13.7. The normalized spacial score (nSPS) is 18.2. The molecule has 25 heavy (non-hydrogen) atoms. The fraction of sp³-hybridized carbons (Fsp3) is 0.250. The Balaban J connectivity index is 1.75. The standard InChI is InChI=1S/C16H11ClFN5O2/c17-6-12-20-15(21-25-12)13-14-11-3-4-22(11)16(24)9-5-8(18)1-2-10(9)23(14)7-19-13/h1-2,5,7,11H,3-4,6H2. The molecule has 2 aromatic heterocycles. The van der Waals surface area contributed by atoms with E-state index in [-0.39, 0.29) is 17.8 Å². The van der Waals surface area contributed by atoms with Crippen molar-refractivity contribution >= 4 is 17.5 Å². The molecule has 1 atom stereocenters. The van der Waals surface area contributed by atoms with Crippen molar-refractivity contribution in [2.45, 2.75) is 18.3 Å². The average Bonchev–Trinajstić information content (AvgIpc) is 3.19. The van der Waals surface area contributed by atoms with Crippen LogP contribution in [-0.2, 0) is 5.88 Å². The van der Waals surface area contributed by atoms with Crippen LogP contribution in [0.25, 0.3) is 17.2 Å². The Morgan fingerprint density at radius 1 is 1.40 bits per heavy atom. The zero-order valence-corrected chi connectivity index (χ0v) is 13.6. The molecule has 0 radical (unpaired) electrons. The number of carbonyl (C=O) groups is 1. The minimum atomic E-state index is -0.446. The van der Waals surface area contributed by atoms with Crippen LogP contribution >= 0.6 is 11.6 Å². The van der Waals surface area contributed by atoms with Gasteiger partial charge in [0.1, 0.15) is 23.7 Å². The van der Waals surface area contributed by atoms with Crippen molar-refractivity contribution in [1.29, 1.82) is 0 Å². The van der Waals surface area contributed by atoms with Crippen molar-refractivity contribution in [2.75, 3.05) is 6.54 Å². The number of imidazole rings is 1. The van der Waals surface area contributed by atoms with Crippen molar-refractivity contribution in [3.05, 3.63) is 47.5 Å². The minimum absolute atomic E-state index is 0.110. The highest BCUT2D eigenvalue weighted by molar-refractivity contribution is 6.16. The van der Waals surface area contributed by atoms with Gasteiger partial charge in [-0.1, -0.05) is 5.16 Å². The van der Waals surface area contributed by atoms with Crippen LogP contribution in [-0.4, -0.2) is 37.0 Å². The smallest absolute Gasteiger partial charge is 0.256 e. The predicted molar refractivity (Wildman–Crippen MR) is 84.8 cm³/mol. The molecule has 4 heterocycles. The molecule has 7 nitrogen and oxygen atoms in total. The van der Waals surface area contributed by atoms with Gasteiger partial charge in [0, 0.05) is 6.54 Å². The summed E-state index contributed by atoms with van der Waals surface area (Å²) in [4.78, 5) is 23.1. The highest BCUT2D eigenvalue weighted by Crippen LogP contribution is 2.43. The van der Waals surface area contributed by atoms with Gasteiger partial charge >= 0.3 is 0 Å². The van der Waals surface area contributed by atoms with Crippen LogP contribution in [0, 0.1) is 5.82 Å². The van der Waals surface area contributed by atoms with Crippen LogP contribution in [0.4, 0.5) is 4.39 Å². The Kier molecular flexibility index (Phi) is 2.99. The van der Waals surface area contributed by atoms with Gasteiger partial charge in [-0.3, -0.25) is 9.36 Å². The van der Waals surface area contributed by atoms with Gasteiger partial charge in [0.25, 0.3) is 5.91 Å². The molecule has 2 aliphatic rings. The van der Waals surface area contributed by atoms with Crippen LogP contribution in [0.3, 0.4) is 0 Å². The number of nitrogens with zero attached hydrogens (tertiary/aromatic N) is 5. The van der Waals surface area contributed by atoms with Crippen LogP contribution in [0.2, 0.25) is 0 Å². The van der Waals surface area contributed by atoms with Crippen LogP contribution < -0.4 is 0 Å². The van der Waals surface area contributed by atoms with E-state index in [4.69, 9.17) is 16.1 Å². The van der Waals surface area contributed by atoms with Crippen LogP contribution in [0.15, 0.2) is 29.0 Å². The Labute approximate surface area is 146 Å². The predicted octanol–water partition coefficient (Wildman–Crippen LogP) is 2.70. The summed E-state index contributed by atoms with van der Waals surface area (Å²) >= 11 is 5.72. The van der Waals surface area contributed by atoms with Crippen molar-refractivity contribution in [1.82, 2.24) is 24.6 Å². The summed E-state index contributed by atoms with van der Waals surface area (Å²) in [6.07, 6.45) is 2.40. The maximum atomic E-state index is 13.7. The third-order valence-corrected chi connectivity index (χ3v) is 4.87. The summed E-state index contributed by atoms with van der Waals surface area (Å²) in [5.41, 5.74) is 2.25. The van der Waals surface area contributed by atoms with Gasteiger partial charge in [-0.25, -0.2) is 9.37 Å². The number of aromatic nitrogens is 4. The zero-order valence-electron chi connectivity index (χ0n) is 12.8. The Bertz CT molecular complexity index is 1010. The van der Waals surface area contributed by atoms with Gasteiger partial charge < -0.3 is 9.42 Å². The van der Waals surface area contributed by atoms with E-state index in [1.54, 1.807) is 17.3 Å². The van der Waals surface area contributed by atoms with E-state index in [1.165, 1.54) is 12.1 Å².